The largest absolute Gasteiger partial charge is 0.495 e. The van der Waals surface area contributed by atoms with Crippen LogP contribution in [-0.2, 0) is 4.79 Å². The maximum atomic E-state index is 12.3. The number of anilines is 1. The predicted octanol–water partition coefficient (Wildman–Crippen LogP) is 4.34. The zero-order valence-electron chi connectivity index (χ0n) is 13.9. The number of para-hydroxylation sites is 2. The van der Waals surface area contributed by atoms with Gasteiger partial charge in [0.2, 0.25) is 0 Å². The Morgan fingerprint density at radius 1 is 1.28 bits per heavy atom. The molecule has 2 aromatic carbocycles. The van der Waals surface area contributed by atoms with Crippen molar-refractivity contribution in [3.8, 4) is 5.75 Å². The monoisotopic (exact) mass is 379 g/mol. The van der Waals surface area contributed by atoms with Gasteiger partial charge in [0.15, 0.2) is 0 Å². The zero-order chi connectivity index (χ0) is 18.2. The maximum Gasteiger partial charge on any atom is 0.262 e. The number of nitrogens with one attached hydrogen (secondary N) is 2. The van der Waals surface area contributed by atoms with Crippen LogP contribution < -0.4 is 15.5 Å². The van der Waals surface area contributed by atoms with E-state index in [1.165, 1.54) is 6.21 Å². The molecule has 0 saturated carbocycles. The molecular weight excluding hydrogens is 361 g/mol. The molecule has 0 spiro atoms. The molecule has 0 aliphatic heterocycles. The first-order valence-corrected chi connectivity index (χ1v) is 8.48. The van der Waals surface area contributed by atoms with Crippen molar-refractivity contribution in [2.45, 2.75) is 19.4 Å². The van der Waals surface area contributed by atoms with E-state index in [-0.39, 0.29) is 5.91 Å². The lowest BCUT2D eigenvalue weighted by Gasteiger charge is -2.18. The summed E-state index contributed by atoms with van der Waals surface area (Å²) in [4.78, 5) is 12.3. The molecule has 0 radical (unpaired) electrons. The van der Waals surface area contributed by atoms with Crippen molar-refractivity contribution in [2.24, 2.45) is 5.10 Å². The highest BCUT2D eigenvalue weighted by molar-refractivity contribution is 6.36. The van der Waals surface area contributed by atoms with Crippen LogP contribution in [-0.4, -0.2) is 25.3 Å². The van der Waals surface area contributed by atoms with Gasteiger partial charge >= 0.3 is 0 Å². The quantitative estimate of drug-likeness (QED) is 0.555. The molecule has 132 valence electrons. The Bertz CT molecular complexity index is 766. The number of halogens is 2. The maximum absolute atomic E-state index is 12.3. The van der Waals surface area contributed by atoms with Crippen LogP contribution in [0.4, 0.5) is 5.69 Å². The summed E-state index contributed by atoms with van der Waals surface area (Å²) in [6.45, 7) is 1.91. The van der Waals surface area contributed by atoms with E-state index in [0.717, 1.165) is 5.69 Å². The predicted molar refractivity (Wildman–Crippen MR) is 103 cm³/mol. The molecule has 7 heteroatoms. The van der Waals surface area contributed by atoms with Crippen molar-refractivity contribution in [2.75, 3.05) is 12.4 Å². The van der Waals surface area contributed by atoms with E-state index in [2.05, 4.69) is 15.8 Å². The number of ether oxygens (including phenoxy) is 1. The van der Waals surface area contributed by atoms with E-state index in [1.54, 1.807) is 25.3 Å². The van der Waals surface area contributed by atoms with Crippen LogP contribution in [0.15, 0.2) is 47.6 Å². The molecule has 0 heterocycles. The number of methoxy groups -OCH3 is 1. The van der Waals surface area contributed by atoms with Gasteiger partial charge in [0.1, 0.15) is 11.8 Å². The molecule has 0 aliphatic carbocycles. The van der Waals surface area contributed by atoms with E-state index in [9.17, 15) is 4.79 Å². The summed E-state index contributed by atoms with van der Waals surface area (Å²) in [7, 11) is 1.59. The fourth-order valence-corrected chi connectivity index (χ4v) is 2.61. The van der Waals surface area contributed by atoms with Crippen molar-refractivity contribution in [1.29, 1.82) is 0 Å². The van der Waals surface area contributed by atoms with Crippen LogP contribution >= 0.6 is 23.2 Å². The summed E-state index contributed by atoms with van der Waals surface area (Å²) < 4.78 is 5.28. The molecule has 25 heavy (non-hydrogen) atoms. The summed E-state index contributed by atoms with van der Waals surface area (Å²) in [5, 5.41) is 8.13. The molecule has 0 aliphatic rings. The molecule has 2 N–H and O–H groups in total. The normalized spacial score (nSPS) is 12.0. The Kier molecular flexibility index (Phi) is 7.10. The van der Waals surface area contributed by atoms with Crippen LogP contribution in [0.5, 0.6) is 5.75 Å². The molecule has 0 bridgehead atoms. The number of hydrogen-bond donors (Lipinski definition) is 2. The fraction of sp³-hybridized carbons (Fsp3) is 0.222. The Balaban J connectivity index is 2.01. The highest BCUT2D eigenvalue weighted by Gasteiger charge is 2.17. The van der Waals surface area contributed by atoms with E-state index in [1.807, 2.05) is 31.2 Å². The van der Waals surface area contributed by atoms with Gasteiger partial charge in [-0.15, -0.1) is 0 Å². The van der Waals surface area contributed by atoms with Crippen molar-refractivity contribution >= 4 is 41.0 Å². The lowest BCUT2D eigenvalue weighted by atomic mass is 10.2. The van der Waals surface area contributed by atoms with E-state index >= 15 is 0 Å². The minimum atomic E-state index is -0.450. The van der Waals surface area contributed by atoms with Crippen molar-refractivity contribution in [3.63, 3.8) is 0 Å². The molecule has 5 nitrogen and oxygen atoms in total. The van der Waals surface area contributed by atoms with Gasteiger partial charge < -0.3 is 10.1 Å². The first-order chi connectivity index (χ1) is 12.0. The standard InChI is InChI=1S/C18H19Cl2N3O2/c1-3-15(22-16-6-4-5-7-17(16)25-2)18(24)23-21-11-12-8-9-13(19)10-14(12)20/h4-11,15,22H,3H2,1-2H3,(H,23,24)/b21-11+. The van der Waals surface area contributed by atoms with Gasteiger partial charge in [0.05, 0.1) is 24.0 Å². The first-order valence-electron chi connectivity index (χ1n) is 7.72. The number of hydrazone groups is 1. The third-order valence-corrected chi connectivity index (χ3v) is 4.06. The Labute approximate surface area is 157 Å². The second-order valence-electron chi connectivity index (χ2n) is 5.21. The van der Waals surface area contributed by atoms with E-state index < -0.39 is 6.04 Å². The van der Waals surface area contributed by atoms with Crippen LogP contribution in [0.25, 0.3) is 0 Å². The second kappa shape index (κ2) is 9.30. The minimum Gasteiger partial charge on any atom is -0.495 e. The molecule has 0 saturated heterocycles. The molecule has 1 atom stereocenters. The summed E-state index contributed by atoms with van der Waals surface area (Å²) in [6, 6.07) is 12.0. The Morgan fingerprint density at radius 3 is 2.72 bits per heavy atom. The van der Waals surface area contributed by atoms with Crippen LogP contribution in [0.1, 0.15) is 18.9 Å². The number of benzene rings is 2. The average molecular weight is 380 g/mol. The Morgan fingerprint density at radius 2 is 2.04 bits per heavy atom. The van der Waals surface area contributed by atoms with Gasteiger partial charge in [0.25, 0.3) is 5.91 Å². The summed E-state index contributed by atoms with van der Waals surface area (Å²) in [5.41, 5.74) is 3.93. The van der Waals surface area contributed by atoms with E-state index in [4.69, 9.17) is 27.9 Å². The SMILES string of the molecule is CCC(Nc1ccccc1OC)C(=O)N/N=C/c1ccc(Cl)cc1Cl. The van der Waals surface area contributed by atoms with Gasteiger partial charge in [-0.3, -0.25) is 4.79 Å². The van der Waals surface area contributed by atoms with Crippen molar-refractivity contribution in [3.05, 3.63) is 58.1 Å². The van der Waals surface area contributed by atoms with E-state index in [0.29, 0.717) is 27.8 Å². The van der Waals surface area contributed by atoms with Crippen LogP contribution in [0.2, 0.25) is 10.0 Å². The van der Waals surface area contributed by atoms with Gasteiger partial charge in [-0.1, -0.05) is 48.3 Å². The number of carbonyl (C=O) groups excluding carboxylic acids is 1. The third-order valence-electron chi connectivity index (χ3n) is 3.50. The van der Waals surface area contributed by atoms with Gasteiger partial charge in [0, 0.05) is 10.6 Å². The molecular formula is C18H19Cl2N3O2. The highest BCUT2D eigenvalue weighted by atomic mass is 35.5. The smallest absolute Gasteiger partial charge is 0.262 e. The summed E-state index contributed by atoms with van der Waals surface area (Å²) in [5.74, 6) is 0.417. The second-order valence-corrected chi connectivity index (χ2v) is 6.05. The van der Waals surface area contributed by atoms with Crippen molar-refractivity contribution < 1.29 is 9.53 Å². The lowest BCUT2D eigenvalue weighted by molar-refractivity contribution is -0.121. The Hall–Kier alpha value is -2.24. The lowest BCUT2D eigenvalue weighted by Crippen LogP contribution is -2.37. The summed E-state index contributed by atoms with van der Waals surface area (Å²) in [6.07, 6.45) is 2.06. The molecule has 1 unspecified atom stereocenters. The number of carbonyl (C=O) groups is 1. The van der Waals surface area contributed by atoms with Crippen LogP contribution in [0.3, 0.4) is 0 Å². The van der Waals surface area contributed by atoms with Gasteiger partial charge in [-0.25, -0.2) is 5.43 Å². The average Bonchev–Trinajstić information content (AvgIpc) is 2.61. The minimum absolute atomic E-state index is 0.255. The summed E-state index contributed by atoms with van der Waals surface area (Å²) >= 11 is 11.9. The third kappa shape index (κ3) is 5.37. The van der Waals surface area contributed by atoms with Crippen molar-refractivity contribution in [1.82, 2.24) is 5.43 Å². The molecule has 0 aromatic heterocycles. The number of amides is 1. The van der Waals surface area contributed by atoms with Crippen LogP contribution in [0, 0.1) is 0 Å². The zero-order valence-corrected chi connectivity index (χ0v) is 15.4. The molecule has 0 fully saturated rings. The topological polar surface area (TPSA) is 62.7 Å². The molecule has 1 amide bonds. The number of nitrogens with zero attached hydrogens (tertiary/aromatic N) is 1. The van der Waals surface area contributed by atoms with Gasteiger partial charge in [-0.05, 0) is 30.7 Å². The fourth-order valence-electron chi connectivity index (χ4n) is 2.15. The molecule has 2 aromatic rings. The number of rotatable bonds is 7. The highest BCUT2D eigenvalue weighted by Crippen LogP contribution is 2.24. The number of hydrogen-bond acceptors (Lipinski definition) is 4. The van der Waals surface area contributed by atoms with Gasteiger partial charge in [-0.2, -0.15) is 5.10 Å². The molecule has 2 rings (SSSR count). The first kappa shape index (κ1) is 19.1.